The second-order valence-corrected chi connectivity index (χ2v) is 12.0. The molecule has 2 saturated heterocycles. The SMILES string of the molecule is CC(C)(N)C(=O)N1CCN(C(=O)Nc2ccn(-c3ccc(C(C)(C)CN4CC[C@@H](CN)C4)cc3)c(=O)n2)CC1.Cl. The van der Waals surface area contributed by atoms with Crippen LogP contribution in [0.25, 0.3) is 5.69 Å². The maximum Gasteiger partial charge on any atom is 0.354 e. The van der Waals surface area contributed by atoms with E-state index in [1.54, 1.807) is 35.9 Å². The smallest absolute Gasteiger partial charge is 0.338 e. The number of nitrogens with one attached hydrogen (secondary N) is 1. The van der Waals surface area contributed by atoms with Gasteiger partial charge in [-0.25, -0.2) is 9.59 Å². The van der Waals surface area contributed by atoms with E-state index in [2.05, 4.69) is 41.2 Å². The number of anilines is 1. The molecule has 0 saturated carbocycles. The largest absolute Gasteiger partial charge is 0.354 e. The van der Waals surface area contributed by atoms with Crippen LogP contribution in [0.4, 0.5) is 10.6 Å². The Morgan fingerprint density at radius 3 is 2.17 bits per heavy atom. The number of amides is 3. The van der Waals surface area contributed by atoms with Crippen molar-refractivity contribution in [2.75, 3.05) is 57.7 Å². The standard InChI is InChI=1S/C28H42N8O3.ClH/c1-27(2,19-33-11-9-20(17-29)18-33)21-5-7-22(8-6-21)36-12-10-23(32-26(36)39)31-25(38)35-15-13-34(14-16-35)24(37)28(3,4)30;/h5-8,10,12,20H,9,11,13-19,29-30H2,1-4H3,(H,31,32,38,39);1H/t20-;/m0./s1. The number of hydrogen-bond donors (Lipinski definition) is 3. The lowest BCUT2D eigenvalue weighted by Gasteiger charge is -2.37. The van der Waals surface area contributed by atoms with Crippen LogP contribution in [0, 0.1) is 5.92 Å². The molecule has 0 aliphatic carbocycles. The van der Waals surface area contributed by atoms with Crippen LogP contribution in [-0.2, 0) is 10.2 Å². The van der Waals surface area contributed by atoms with Gasteiger partial charge in [-0.2, -0.15) is 4.98 Å². The molecule has 0 spiro atoms. The molecule has 0 bridgehead atoms. The highest BCUT2D eigenvalue weighted by atomic mass is 35.5. The first-order valence-electron chi connectivity index (χ1n) is 13.6. The minimum atomic E-state index is -0.947. The van der Waals surface area contributed by atoms with Crippen molar-refractivity contribution in [1.82, 2.24) is 24.3 Å². The molecule has 1 atom stereocenters. The molecule has 220 valence electrons. The van der Waals surface area contributed by atoms with Gasteiger partial charge in [-0.15, -0.1) is 12.4 Å². The van der Waals surface area contributed by atoms with Gasteiger partial charge in [0.25, 0.3) is 0 Å². The Bertz CT molecular complexity index is 1230. The number of halogens is 1. The minimum Gasteiger partial charge on any atom is -0.338 e. The first kappa shape index (κ1) is 31.5. The summed E-state index contributed by atoms with van der Waals surface area (Å²) in [7, 11) is 0. The first-order valence-corrected chi connectivity index (χ1v) is 13.6. The third kappa shape index (κ3) is 7.39. The predicted octanol–water partition coefficient (Wildman–Crippen LogP) is 1.63. The normalized spacial score (nSPS) is 18.4. The highest BCUT2D eigenvalue weighted by molar-refractivity contribution is 5.89. The summed E-state index contributed by atoms with van der Waals surface area (Å²) in [6.45, 7) is 13.2. The molecular weight excluding hydrogens is 532 g/mol. The third-order valence-electron chi connectivity index (χ3n) is 7.69. The van der Waals surface area contributed by atoms with Gasteiger partial charge in [0, 0.05) is 50.9 Å². The van der Waals surface area contributed by atoms with Gasteiger partial charge in [0.1, 0.15) is 5.82 Å². The number of benzene rings is 1. The molecular formula is C28H43ClN8O3. The van der Waals surface area contributed by atoms with E-state index < -0.39 is 11.2 Å². The fraction of sp³-hybridized carbons (Fsp3) is 0.571. The van der Waals surface area contributed by atoms with Crippen molar-refractivity contribution in [3.8, 4) is 5.69 Å². The van der Waals surface area contributed by atoms with E-state index in [4.69, 9.17) is 11.5 Å². The lowest BCUT2D eigenvalue weighted by Crippen LogP contribution is -2.58. The Hall–Kier alpha value is -2.99. The maximum absolute atomic E-state index is 12.8. The van der Waals surface area contributed by atoms with Gasteiger partial charge in [-0.1, -0.05) is 26.0 Å². The van der Waals surface area contributed by atoms with Gasteiger partial charge in [0.05, 0.1) is 11.2 Å². The molecule has 0 unspecified atom stereocenters. The second kappa shape index (κ2) is 12.7. The van der Waals surface area contributed by atoms with E-state index in [1.807, 2.05) is 12.1 Å². The number of urea groups is 1. The molecule has 2 aliphatic rings. The van der Waals surface area contributed by atoms with Crippen molar-refractivity contribution in [2.45, 2.75) is 45.1 Å². The molecule has 2 aliphatic heterocycles. The van der Waals surface area contributed by atoms with Crippen molar-refractivity contribution < 1.29 is 9.59 Å². The Balaban J connectivity index is 0.00000441. The number of carbonyl (C=O) groups excluding carboxylic acids is 2. The Morgan fingerprint density at radius 2 is 1.62 bits per heavy atom. The summed E-state index contributed by atoms with van der Waals surface area (Å²) in [6.07, 6.45) is 2.77. The van der Waals surface area contributed by atoms with Crippen molar-refractivity contribution in [3.63, 3.8) is 0 Å². The molecule has 5 N–H and O–H groups in total. The lowest BCUT2D eigenvalue weighted by molar-refractivity contribution is -0.137. The quantitative estimate of drug-likeness (QED) is 0.456. The van der Waals surface area contributed by atoms with E-state index in [-0.39, 0.29) is 35.6 Å². The van der Waals surface area contributed by atoms with Gasteiger partial charge in [0.2, 0.25) is 5.91 Å². The topological polar surface area (TPSA) is 143 Å². The average Bonchev–Trinajstić information content (AvgIpc) is 3.35. The molecule has 0 radical (unpaired) electrons. The van der Waals surface area contributed by atoms with E-state index in [1.165, 1.54) is 10.1 Å². The molecule has 11 nitrogen and oxygen atoms in total. The third-order valence-corrected chi connectivity index (χ3v) is 7.69. The van der Waals surface area contributed by atoms with Crippen molar-refractivity contribution in [1.29, 1.82) is 0 Å². The number of carbonyl (C=O) groups is 2. The fourth-order valence-corrected chi connectivity index (χ4v) is 5.35. The predicted molar refractivity (Wildman–Crippen MR) is 159 cm³/mol. The number of nitrogens with two attached hydrogens (primary N) is 2. The first-order chi connectivity index (χ1) is 18.4. The number of rotatable bonds is 7. The van der Waals surface area contributed by atoms with Gasteiger partial charge >= 0.3 is 11.7 Å². The van der Waals surface area contributed by atoms with E-state index >= 15 is 0 Å². The highest BCUT2D eigenvalue weighted by Crippen LogP contribution is 2.28. The number of piperazine rings is 1. The van der Waals surface area contributed by atoms with Crippen LogP contribution in [0.3, 0.4) is 0 Å². The number of hydrogen-bond acceptors (Lipinski definition) is 7. The van der Waals surface area contributed by atoms with E-state index in [0.29, 0.717) is 37.8 Å². The van der Waals surface area contributed by atoms with E-state index in [9.17, 15) is 14.4 Å². The highest BCUT2D eigenvalue weighted by Gasteiger charge is 2.32. The summed E-state index contributed by atoms with van der Waals surface area (Å²) >= 11 is 0. The van der Waals surface area contributed by atoms with Crippen LogP contribution >= 0.6 is 12.4 Å². The number of nitrogens with zero attached hydrogens (tertiary/aromatic N) is 5. The fourth-order valence-electron chi connectivity index (χ4n) is 5.35. The van der Waals surface area contributed by atoms with Crippen molar-refractivity contribution in [2.24, 2.45) is 17.4 Å². The summed E-state index contributed by atoms with van der Waals surface area (Å²) in [5, 5.41) is 2.70. The molecule has 2 fully saturated rings. The Labute approximate surface area is 242 Å². The van der Waals surface area contributed by atoms with Crippen molar-refractivity contribution >= 4 is 30.2 Å². The zero-order valence-electron chi connectivity index (χ0n) is 23.9. The number of aromatic nitrogens is 2. The summed E-state index contributed by atoms with van der Waals surface area (Å²) in [4.78, 5) is 47.7. The van der Waals surface area contributed by atoms with Crippen LogP contribution in [0.15, 0.2) is 41.3 Å². The summed E-state index contributed by atoms with van der Waals surface area (Å²) in [5.41, 5.74) is 12.2. The zero-order chi connectivity index (χ0) is 28.4. The monoisotopic (exact) mass is 574 g/mol. The molecule has 2 aromatic rings. The summed E-state index contributed by atoms with van der Waals surface area (Å²) < 4.78 is 1.46. The Morgan fingerprint density at radius 1 is 1.00 bits per heavy atom. The van der Waals surface area contributed by atoms with E-state index in [0.717, 1.165) is 32.6 Å². The molecule has 1 aromatic heterocycles. The molecule has 40 heavy (non-hydrogen) atoms. The maximum atomic E-state index is 12.8. The van der Waals surface area contributed by atoms with Gasteiger partial charge in [-0.05, 0) is 63.0 Å². The number of likely N-dealkylation sites (tertiary alicyclic amines) is 1. The lowest BCUT2D eigenvalue weighted by atomic mass is 9.84. The van der Waals surface area contributed by atoms with Crippen LogP contribution < -0.4 is 22.5 Å². The zero-order valence-corrected chi connectivity index (χ0v) is 24.7. The van der Waals surface area contributed by atoms with Crippen LogP contribution in [0.2, 0.25) is 0 Å². The molecule has 1 aromatic carbocycles. The summed E-state index contributed by atoms with van der Waals surface area (Å²) in [5.74, 6) is 0.624. The Kier molecular flexibility index (Phi) is 9.99. The van der Waals surface area contributed by atoms with Crippen LogP contribution in [0.5, 0.6) is 0 Å². The molecule has 3 amide bonds. The second-order valence-electron chi connectivity index (χ2n) is 12.0. The van der Waals surface area contributed by atoms with Crippen LogP contribution in [-0.4, -0.2) is 94.1 Å². The van der Waals surface area contributed by atoms with Crippen LogP contribution in [0.1, 0.15) is 39.7 Å². The van der Waals surface area contributed by atoms with Gasteiger partial charge in [0.15, 0.2) is 0 Å². The van der Waals surface area contributed by atoms with Gasteiger partial charge < -0.3 is 26.2 Å². The average molecular weight is 575 g/mol. The molecule has 3 heterocycles. The molecule has 4 rings (SSSR count). The van der Waals surface area contributed by atoms with Crippen molar-refractivity contribution in [3.05, 3.63) is 52.6 Å². The molecule has 12 heteroatoms. The van der Waals surface area contributed by atoms with Gasteiger partial charge in [-0.3, -0.25) is 14.7 Å². The summed E-state index contributed by atoms with van der Waals surface area (Å²) in [6, 6.07) is 9.22. The minimum absolute atomic E-state index is 0.